The summed E-state index contributed by atoms with van der Waals surface area (Å²) in [6, 6.07) is 3.96. The number of aryl methyl sites for hydroxylation is 1. The first-order valence-corrected chi connectivity index (χ1v) is 5.07. The Bertz CT molecular complexity index is 538. The second-order valence-electron chi connectivity index (χ2n) is 3.75. The molecular weight excluding hydrogens is 210 g/mol. The minimum Gasteiger partial charge on any atom is -0.330 e. The van der Waals surface area contributed by atoms with Gasteiger partial charge in [-0.1, -0.05) is 0 Å². The van der Waals surface area contributed by atoms with E-state index >= 15 is 0 Å². The third-order valence-corrected chi connectivity index (χ3v) is 2.46. The molecule has 0 unspecified atom stereocenters. The van der Waals surface area contributed by atoms with Gasteiger partial charge in [-0.15, -0.1) is 0 Å². The maximum atomic E-state index is 13.5. The quantitative estimate of drug-likeness (QED) is 0.846. The van der Waals surface area contributed by atoms with Gasteiger partial charge in [-0.3, -0.25) is 4.98 Å². The molecule has 2 aromatic rings. The van der Waals surface area contributed by atoms with Crippen LogP contribution in [0.2, 0.25) is 0 Å². The Morgan fingerprint density at radius 3 is 2.69 bits per heavy atom. The van der Waals surface area contributed by atoms with Crippen molar-refractivity contribution in [3.05, 3.63) is 41.1 Å². The number of halogens is 2. The SMILES string of the molecule is Cc1cc(CCN)c2cc(F)cc(F)c2n1. The summed E-state index contributed by atoms with van der Waals surface area (Å²) in [6.45, 7) is 2.22. The molecule has 0 spiro atoms. The first-order valence-electron chi connectivity index (χ1n) is 5.07. The Labute approximate surface area is 92.1 Å². The van der Waals surface area contributed by atoms with E-state index < -0.39 is 11.6 Å². The largest absolute Gasteiger partial charge is 0.330 e. The maximum Gasteiger partial charge on any atom is 0.152 e. The molecule has 4 heteroatoms. The van der Waals surface area contributed by atoms with Gasteiger partial charge in [-0.2, -0.15) is 0 Å². The van der Waals surface area contributed by atoms with Crippen LogP contribution < -0.4 is 5.73 Å². The topological polar surface area (TPSA) is 38.9 Å². The highest BCUT2D eigenvalue weighted by atomic mass is 19.1. The fourth-order valence-electron chi connectivity index (χ4n) is 1.83. The van der Waals surface area contributed by atoms with E-state index in [-0.39, 0.29) is 5.52 Å². The van der Waals surface area contributed by atoms with E-state index in [2.05, 4.69) is 4.98 Å². The van der Waals surface area contributed by atoms with E-state index in [1.807, 2.05) is 6.07 Å². The van der Waals surface area contributed by atoms with Crippen molar-refractivity contribution in [3.63, 3.8) is 0 Å². The van der Waals surface area contributed by atoms with Crippen LogP contribution in [0.15, 0.2) is 18.2 Å². The minimum absolute atomic E-state index is 0.213. The molecule has 0 radical (unpaired) electrons. The van der Waals surface area contributed by atoms with E-state index in [0.29, 0.717) is 24.0 Å². The lowest BCUT2D eigenvalue weighted by atomic mass is 10.0. The molecule has 0 saturated carbocycles. The molecule has 0 fully saturated rings. The van der Waals surface area contributed by atoms with Gasteiger partial charge < -0.3 is 5.73 Å². The zero-order valence-corrected chi connectivity index (χ0v) is 8.93. The van der Waals surface area contributed by atoms with Crippen LogP contribution in [0.4, 0.5) is 8.78 Å². The zero-order chi connectivity index (χ0) is 11.7. The standard InChI is InChI=1S/C12H12F2N2/c1-7-4-8(2-3-15)10-5-9(13)6-11(14)12(10)16-7/h4-6H,2-3,15H2,1H3. The van der Waals surface area contributed by atoms with E-state index in [1.165, 1.54) is 6.07 Å². The number of aromatic nitrogens is 1. The van der Waals surface area contributed by atoms with Crippen molar-refractivity contribution < 1.29 is 8.78 Å². The molecule has 1 aromatic heterocycles. The summed E-state index contributed by atoms with van der Waals surface area (Å²) in [5.41, 5.74) is 7.23. The lowest BCUT2D eigenvalue weighted by Gasteiger charge is -2.07. The van der Waals surface area contributed by atoms with Crippen LogP contribution in [0.1, 0.15) is 11.3 Å². The number of hydrogen-bond donors (Lipinski definition) is 1. The van der Waals surface area contributed by atoms with Gasteiger partial charge in [0, 0.05) is 17.1 Å². The highest BCUT2D eigenvalue weighted by molar-refractivity contribution is 5.83. The average Bonchev–Trinajstić information content (AvgIpc) is 2.20. The van der Waals surface area contributed by atoms with Crippen LogP contribution in [-0.4, -0.2) is 11.5 Å². The molecule has 0 atom stereocenters. The van der Waals surface area contributed by atoms with Crippen LogP contribution >= 0.6 is 0 Å². The number of hydrogen-bond acceptors (Lipinski definition) is 2. The van der Waals surface area contributed by atoms with Gasteiger partial charge in [0.25, 0.3) is 0 Å². The molecule has 0 saturated heterocycles. The molecule has 16 heavy (non-hydrogen) atoms. The second-order valence-corrected chi connectivity index (χ2v) is 3.75. The van der Waals surface area contributed by atoms with Crippen molar-refractivity contribution in [3.8, 4) is 0 Å². The predicted molar refractivity (Wildman–Crippen MR) is 59.2 cm³/mol. The first-order chi connectivity index (χ1) is 7.61. The van der Waals surface area contributed by atoms with Gasteiger partial charge in [0.2, 0.25) is 0 Å². The Balaban J connectivity index is 2.78. The van der Waals surface area contributed by atoms with E-state index in [0.717, 1.165) is 11.6 Å². The number of rotatable bonds is 2. The summed E-state index contributed by atoms with van der Waals surface area (Å²) in [7, 11) is 0. The average molecular weight is 222 g/mol. The molecule has 0 amide bonds. The Hall–Kier alpha value is -1.55. The molecule has 2 N–H and O–H groups in total. The number of benzene rings is 1. The molecule has 84 valence electrons. The smallest absolute Gasteiger partial charge is 0.152 e. The van der Waals surface area contributed by atoms with Crippen molar-refractivity contribution >= 4 is 10.9 Å². The Morgan fingerprint density at radius 1 is 1.25 bits per heavy atom. The van der Waals surface area contributed by atoms with Crippen LogP contribution in [-0.2, 0) is 6.42 Å². The van der Waals surface area contributed by atoms with Crippen LogP contribution in [0.3, 0.4) is 0 Å². The molecule has 2 rings (SSSR count). The highest BCUT2D eigenvalue weighted by Gasteiger charge is 2.09. The Morgan fingerprint density at radius 2 is 2.00 bits per heavy atom. The van der Waals surface area contributed by atoms with Gasteiger partial charge in [0.05, 0.1) is 0 Å². The monoisotopic (exact) mass is 222 g/mol. The molecule has 0 aliphatic heterocycles. The number of nitrogens with zero attached hydrogens (tertiary/aromatic N) is 1. The van der Waals surface area contributed by atoms with Crippen LogP contribution in [0.25, 0.3) is 10.9 Å². The molecule has 0 aliphatic carbocycles. The van der Waals surface area contributed by atoms with Gasteiger partial charge in [-0.05, 0) is 37.6 Å². The molecular formula is C12H12F2N2. The lowest BCUT2D eigenvalue weighted by molar-refractivity contribution is 0.590. The van der Waals surface area contributed by atoms with E-state index in [4.69, 9.17) is 5.73 Å². The van der Waals surface area contributed by atoms with Crippen molar-refractivity contribution in [1.29, 1.82) is 0 Å². The summed E-state index contributed by atoms with van der Waals surface area (Å²) in [5.74, 6) is -1.22. The molecule has 1 aromatic carbocycles. The van der Waals surface area contributed by atoms with Gasteiger partial charge in [0.15, 0.2) is 5.82 Å². The third kappa shape index (κ3) is 1.88. The van der Waals surface area contributed by atoms with Crippen molar-refractivity contribution in [2.45, 2.75) is 13.3 Å². The first kappa shape index (κ1) is 11.0. The summed E-state index contributed by atoms with van der Waals surface area (Å²) in [5, 5.41) is 0.508. The van der Waals surface area contributed by atoms with Gasteiger partial charge >= 0.3 is 0 Å². The number of nitrogens with two attached hydrogens (primary N) is 1. The number of fused-ring (bicyclic) bond motifs is 1. The summed E-state index contributed by atoms with van der Waals surface area (Å²) in [4.78, 5) is 4.08. The zero-order valence-electron chi connectivity index (χ0n) is 8.93. The fourth-order valence-corrected chi connectivity index (χ4v) is 1.83. The molecule has 0 bridgehead atoms. The van der Waals surface area contributed by atoms with Crippen molar-refractivity contribution in [1.82, 2.24) is 4.98 Å². The van der Waals surface area contributed by atoms with Crippen LogP contribution in [0, 0.1) is 18.6 Å². The normalized spacial score (nSPS) is 11.0. The third-order valence-electron chi connectivity index (χ3n) is 2.46. The predicted octanol–water partition coefficient (Wildman–Crippen LogP) is 2.32. The van der Waals surface area contributed by atoms with Crippen molar-refractivity contribution in [2.75, 3.05) is 6.54 Å². The molecule has 1 heterocycles. The second kappa shape index (κ2) is 4.14. The summed E-state index contributed by atoms with van der Waals surface area (Å²) < 4.78 is 26.6. The lowest BCUT2D eigenvalue weighted by Crippen LogP contribution is -2.05. The van der Waals surface area contributed by atoms with Gasteiger partial charge in [0.1, 0.15) is 11.3 Å². The minimum atomic E-state index is -0.628. The Kier molecular flexibility index (Phi) is 2.83. The molecule has 0 aliphatic rings. The van der Waals surface area contributed by atoms with Gasteiger partial charge in [-0.25, -0.2) is 8.78 Å². The van der Waals surface area contributed by atoms with Crippen molar-refractivity contribution in [2.24, 2.45) is 5.73 Å². The highest BCUT2D eigenvalue weighted by Crippen LogP contribution is 2.22. The summed E-state index contributed by atoms with van der Waals surface area (Å²) >= 11 is 0. The van der Waals surface area contributed by atoms with E-state index in [9.17, 15) is 8.78 Å². The maximum absolute atomic E-state index is 13.5. The van der Waals surface area contributed by atoms with E-state index in [1.54, 1.807) is 6.92 Å². The molecule has 2 nitrogen and oxygen atoms in total. The summed E-state index contributed by atoms with van der Waals surface area (Å²) in [6.07, 6.45) is 0.586. The van der Waals surface area contributed by atoms with Crippen LogP contribution in [0.5, 0.6) is 0 Å². The number of pyridine rings is 1. The fraction of sp³-hybridized carbons (Fsp3) is 0.250.